The fraction of sp³-hybridized carbons (Fsp3) is 0.0769. The Morgan fingerprint density at radius 1 is 1.11 bits per heavy atom. The molecule has 9 nitrogen and oxygen atoms in total. The number of hydrogen-bond acceptors (Lipinski definition) is 6. The van der Waals surface area contributed by atoms with Crippen LogP contribution >= 0.6 is 11.6 Å². The van der Waals surface area contributed by atoms with Gasteiger partial charge in [0.1, 0.15) is 18.0 Å². The predicted molar refractivity (Wildman–Crippen MR) is 131 cm³/mol. The first-order valence-corrected chi connectivity index (χ1v) is 11.1. The molecule has 0 unspecified atom stereocenters. The second-order valence-corrected chi connectivity index (χ2v) is 8.17. The van der Waals surface area contributed by atoms with E-state index in [1.807, 2.05) is 0 Å². The molecule has 0 spiro atoms. The predicted octanol–water partition coefficient (Wildman–Crippen LogP) is 4.43. The van der Waals surface area contributed by atoms with Gasteiger partial charge in [0.15, 0.2) is 11.5 Å². The van der Waals surface area contributed by atoms with Crippen molar-refractivity contribution in [2.45, 2.75) is 6.61 Å². The number of aromatic carboxylic acids is 1. The molecular formula is C26H18ClFN2O7. The minimum absolute atomic E-state index is 0.0107. The van der Waals surface area contributed by atoms with Crippen molar-refractivity contribution in [2.24, 2.45) is 0 Å². The van der Waals surface area contributed by atoms with Crippen LogP contribution in [-0.2, 0) is 16.2 Å². The molecule has 3 aromatic rings. The molecule has 1 heterocycles. The Bertz CT molecular complexity index is 1470. The molecule has 1 aliphatic rings. The van der Waals surface area contributed by atoms with Crippen LogP contribution in [0.2, 0.25) is 5.02 Å². The van der Waals surface area contributed by atoms with Gasteiger partial charge in [-0.3, -0.25) is 14.9 Å². The molecule has 3 aromatic carbocycles. The lowest BCUT2D eigenvalue weighted by atomic mass is 10.1. The second-order valence-electron chi connectivity index (χ2n) is 7.77. The van der Waals surface area contributed by atoms with Crippen LogP contribution in [0.15, 0.2) is 66.2 Å². The Labute approximate surface area is 214 Å². The number of carbonyl (C=O) groups excluding carboxylic acids is 3. The number of carbonyl (C=O) groups is 4. The smallest absolute Gasteiger partial charge is 0.335 e. The third-order valence-corrected chi connectivity index (χ3v) is 5.57. The van der Waals surface area contributed by atoms with Gasteiger partial charge in [0.05, 0.1) is 23.4 Å². The summed E-state index contributed by atoms with van der Waals surface area (Å²) in [6.07, 6.45) is 1.21. The first-order valence-electron chi connectivity index (χ1n) is 10.7. The fourth-order valence-corrected chi connectivity index (χ4v) is 3.86. The van der Waals surface area contributed by atoms with Crippen LogP contribution in [0.5, 0.6) is 11.5 Å². The molecule has 0 radical (unpaired) electrons. The van der Waals surface area contributed by atoms with E-state index in [1.54, 1.807) is 12.1 Å². The van der Waals surface area contributed by atoms with E-state index in [-0.39, 0.29) is 45.5 Å². The average Bonchev–Trinajstić information content (AvgIpc) is 2.85. The first-order chi connectivity index (χ1) is 17.7. The number of nitrogens with one attached hydrogen (secondary N) is 1. The zero-order chi connectivity index (χ0) is 26.7. The van der Waals surface area contributed by atoms with Gasteiger partial charge in [-0.1, -0.05) is 29.8 Å². The number of barbiturate groups is 1. The van der Waals surface area contributed by atoms with Crippen molar-refractivity contribution < 1.29 is 38.1 Å². The minimum Gasteiger partial charge on any atom is -0.493 e. The maximum atomic E-state index is 13.7. The SMILES string of the molecule is COc1cc(/C=C2\C(=O)NC(=O)N(c3cccc(F)c3)C2=O)cc(Cl)c1OCc1cccc(C(=O)O)c1. The van der Waals surface area contributed by atoms with Crippen molar-refractivity contribution in [1.82, 2.24) is 5.32 Å². The molecule has 1 saturated heterocycles. The summed E-state index contributed by atoms with van der Waals surface area (Å²) < 4.78 is 24.8. The Kier molecular flexibility index (Phi) is 7.21. The number of carboxylic acids is 1. The molecule has 1 fully saturated rings. The Hall–Kier alpha value is -4.70. The number of amides is 4. The molecule has 2 N–H and O–H groups in total. The van der Waals surface area contributed by atoms with Gasteiger partial charge in [0.25, 0.3) is 11.8 Å². The second kappa shape index (κ2) is 10.5. The number of imide groups is 2. The molecule has 11 heteroatoms. The largest absolute Gasteiger partial charge is 0.493 e. The van der Waals surface area contributed by atoms with Crippen LogP contribution in [0.1, 0.15) is 21.5 Å². The van der Waals surface area contributed by atoms with E-state index in [9.17, 15) is 23.6 Å². The van der Waals surface area contributed by atoms with Crippen molar-refractivity contribution in [1.29, 1.82) is 0 Å². The maximum Gasteiger partial charge on any atom is 0.335 e. The number of halogens is 2. The standard InChI is InChI=1S/C26H18ClFN2O7/c1-36-21-11-15(10-20(27)22(21)37-13-14-4-2-5-16(8-14)25(33)34)9-19-23(31)29-26(35)30(24(19)32)18-7-3-6-17(28)12-18/h2-12H,13H2,1H3,(H,33,34)(H,29,31,35)/b19-9+. The van der Waals surface area contributed by atoms with Crippen LogP contribution in [0.25, 0.3) is 6.08 Å². The third-order valence-electron chi connectivity index (χ3n) is 5.29. The van der Waals surface area contributed by atoms with Crippen molar-refractivity contribution in [3.8, 4) is 11.5 Å². The van der Waals surface area contributed by atoms with Gasteiger partial charge in [0, 0.05) is 0 Å². The number of urea groups is 1. The summed E-state index contributed by atoms with van der Waals surface area (Å²) in [5, 5.41) is 11.3. The Morgan fingerprint density at radius 3 is 2.57 bits per heavy atom. The van der Waals surface area contributed by atoms with Gasteiger partial charge in [-0.15, -0.1) is 0 Å². The molecule has 0 aliphatic carbocycles. The van der Waals surface area contributed by atoms with Gasteiger partial charge >= 0.3 is 12.0 Å². The lowest BCUT2D eigenvalue weighted by Crippen LogP contribution is -2.54. The van der Waals surface area contributed by atoms with Gasteiger partial charge < -0.3 is 14.6 Å². The third kappa shape index (κ3) is 5.44. The van der Waals surface area contributed by atoms with Crippen LogP contribution in [-0.4, -0.2) is 36.0 Å². The summed E-state index contributed by atoms with van der Waals surface area (Å²) in [5.41, 5.74) is 0.528. The van der Waals surface area contributed by atoms with Crippen molar-refractivity contribution in [3.63, 3.8) is 0 Å². The van der Waals surface area contributed by atoms with Crippen molar-refractivity contribution in [3.05, 3.63) is 93.8 Å². The van der Waals surface area contributed by atoms with Crippen molar-refractivity contribution in [2.75, 3.05) is 12.0 Å². The molecule has 0 saturated carbocycles. The lowest BCUT2D eigenvalue weighted by Gasteiger charge is -2.26. The Morgan fingerprint density at radius 2 is 1.86 bits per heavy atom. The summed E-state index contributed by atoms with van der Waals surface area (Å²) in [4.78, 5) is 49.6. The molecule has 188 valence electrons. The van der Waals surface area contributed by atoms with E-state index >= 15 is 0 Å². The number of nitrogens with zero attached hydrogens (tertiary/aromatic N) is 1. The number of rotatable bonds is 7. The van der Waals surface area contributed by atoms with Gasteiger partial charge in [-0.2, -0.15) is 0 Å². The van der Waals surface area contributed by atoms with E-state index in [4.69, 9.17) is 26.2 Å². The van der Waals surface area contributed by atoms with Gasteiger partial charge in [-0.05, 0) is 59.7 Å². The molecule has 4 amide bonds. The average molecular weight is 525 g/mol. The fourth-order valence-electron chi connectivity index (χ4n) is 3.59. The molecule has 0 aromatic heterocycles. The highest BCUT2D eigenvalue weighted by Gasteiger charge is 2.37. The molecule has 4 rings (SSSR count). The highest BCUT2D eigenvalue weighted by atomic mass is 35.5. The van der Waals surface area contributed by atoms with E-state index in [0.717, 1.165) is 12.1 Å². The quantitative estimate of drug-likeness (QED) is 0.346. The van der Waals surface area contributed by atoms with Gasteiger partial charge in [-0.25, -0.2) is 18.9 Å². The number of ether oxygens (including phenoxy) is 2. The summed E-state index contributed by atoms with van der Waals surface area (Å²) in [7, 11) is 1.36. The van der Waals surface area contributed by atoms with Crippen LogP contribution in [0.3, 0.4) is 0 Å². The Balaban J connectivity index is 1.63. The van der Waals surface area contributed by atoms with E-state index in [0.29, 0.717) is 10.5 Å². The minimum atomic E-state index is -1.08. The topological polar surface area (TPSA) is 122 Å². The summed E-state index contributed by atoms with van der Waals surface area (Å²) >= 11 is 6.40. The first kappa shape index (κ1) is 25.4. The van der Waals surface area contributed by atoms with Gasteiger partial charge in [0.2, 0.25) is 0 Å². The number of anilines is 1. The van der Waals surface area contributed by atoms with E-state index in [2.05, 4.69) is 5.32 Å². The number of hydrogen-bond donors (Lipinski definition) is 2. The summed E-state index contributed by atoms with van der Waals surface area (Å²) in [6, 6.07) is 12.9. The molecule has 1 aliphatic heterocycles. The maximum absolute atomic E-state index is 13.7. The van der Waals surface area contributed by atoms with E-state index < -0.39 is 29.6 Å². The molecule has 0 atom stereocenters. The van der Waals surface area contributed by atoms with Crippen LogP contribution < -0.4 is 19.7 Å². The highest BCUT2D eigenvalue weighted by molar-refractivity contribution is 6.39. The zero-order valence-corrected chi connectivity index (χ0v) is 19.9. The van der Waals surface area contributed by atoms with Crippen molar-refractivity contribution >= 4 is 47.2 Å². The van der Waals surface area contributed by atoms with E-state index in [1.165, 1.54) is 49.6 Å². The summed E-state index contributed by atoms with van der Waals surface area (Å²) in [6.45, 7) is -0.0107. The van der Waals surface area contributed by atoms with Crippen LogP contribution in [0.4, 0.5) is 14.9 Å². The molecule has 37 heavy (non-hydrogen) atoms. The zero-order valence-electron chi connectivity index (χ0n) is 19.2. The molecular weight excluding hydrogens is 507 g/mol. The normalized spacial score (nSPS) is 14.5. The highest BCUT2D eigenvalue weighted by Crippen LogP contribution is 2.38. The lowest BCUT2D eigenvalue weighted by molar-refractivity contribution is -0.122. The van der Waals surface area contributed by atoms with Crippen LogP contribution in [0, 0.1) is 5.82 Å². The number of methoxy groups -OCH3 is 1. The molecule has 0 bridgehead atoms. The summed E-state index contributed by atoms with van der Waals surface area (Å²) in [5.74, 6) is -3.29. The number of carboxylic acid groups (broad SMARTS) is 1. The number of benzene rings is 3. The monoisotopic (exact) mass is 524 g/mol.